The summed E-state index contributed by atoms with van der Waals surface area (Å²) in [5.41, 5.74) is 4.10. The van der Waals surface area contributed by atoms with E-state index in [2.05, 4.69) is 38.4 Å². The number of ether oxygens (including phenoxy) is 5. The van der Waals surface area contributed by atoms with Gasteiger partial charge in [0.15, 0.2) is 6.29 Å². The number of hydrogen-bond donors (Lipinski definition) is 0. The summed E-state index contributed by atoms with van der Waals surface area (Å²) in [6.07, 6.45) is -3.22. The average Bonchev–Trinajstić information content (AvgIpc) is 3.17. The maximum atomic E-state index is 9.36. The van der Waals surface area contributed by atoms with Gasteiger partial charge in [-0.25, -0.2) is 4.67 Å². The molecule has 0 radical (unpaired) electrons. The van der Waals surface area contributed by atoms with E-state index in [4.69, 9.17) is 32.7 Å². The van der Waals surface area contributed by atoms with Crippen LogP contribution in [0.1, 0.15) is 56.4 Å². The molecule has 5 rings (SSSR count). The SMILES string of the molecule is CC(C)N(C(C)C)P(OCCC#N)O[C@H]1O[C@H](COCc2ccccc2)[C@H](OCc2ccccc2)[C@H](OCc2ccccc2)[C@H]1OCc1ccccc1. The van der Waals surface area contributed by atoms with Crippen molar-refractivity contribution in [3.8, 4) is 6.07 Å². The standard InChI is InChI=1S/C43H53N2O7P/c1-33(2)45(34(3)4)53(50-27-17-26-44)52-43-42(49-31-38-24-15-8-16-25-38)41(48-30-37-22-13-7-14-23-37)40(47-29-36-20-11-6-12-21-36)39(51-43)32-46-28-35-18-9-5-10-19-35/h5-16,18-25,33-34,39-43H,17,27-32H2,1-4H3/t39-,40+,41+,42-,43-,53?/m1/s1. The number of hydrogen-bond acceptors (Lipinski definition) is 9. The second-order valence-electron chi connectivity index (χ2n) is 13.5. The molecule has 282 valence electrons. The lowest BCUT2D eigenvalue weighted by atomic mass is 9.98. The smallest absolute Gasteiger partial charge is 0.261 e. The van der Waals surface area contributed by atoms with Gasteiger partial charge < -0.3 is 28.2 Å². The summed E-state index contributed by atoms with van der Waals surface area (Å²) in [5, 5.41) is 9.36. The average molecular weight is 741 g/mol. The van der Waals surface area contributed by atoms with Gasteiger partial charge in [-0.3, -0.25) is 4.52 Å². The van der Waals surface area contributed by atoms with Crippen LogP contribution in [0.5, 0.6) is 0 Å². The minimum Gasteiger partial charge on any atom is -0.374 e. The first-order valence-electron chi connectivity index (χ1n) is 18.4. The molecule has 0 spiro atoms. The first-order chi connectivity index (χ1) is 25.9. The van der Waals surface area contributed by atoms with Gasteiger partial charge in [-0.2, -0.15) is 5.26 Å². The zero-order valence-corrected chi connectivity index (χ0v) is 32.1. The molecule has 4 aromatic carbocycles. The zero-order chi connectivity index (χ0) is 37.3. The molecule has 1 fully saturated rings. The van der Waals surface area contributed by atoms with Gasteiger partial charge in [-0.05, 0) is 49.9 Å². The zero-order valence-electron chi connectivity index (χ0n) is 31.2. The highest BCUT2D eigenvalue weighted by atomic mass is 31.2. The topological polar surface area (TPSA) is 91.6 Å². The third kappa shape index (κ3) is 12.8. The van der Waals surface area contributed by atoms with Gasteiger partial charge in [0.05, 0.1) is 52.1 Å². The Morgan fingerprint density at radius 2 is 1.06 bits per heavy atom. The molecule has 9 nitrogen and oxygen atoms in total. The van der Waals surface area contributed by atoms with E-state index in [1.807, 2.05) is 121 Å². The van der Waals surface area contributed by atoms with E-state index in [0.717, 1.165) is 22.3 Å². The summed E-state index contributed by atoms with van der Waals surface area (Å²) in [6.45, 7) is 10.2. The van der Waals surface area contributed by atoms with E-state index in [-0.39, 0.29) is 31.7 Å². The van der Waals surface area contributed by atoms with Crippen molar-refractivity contribution in [3.05, 3.63) is 144 Å². The molecular formula is C43H53N2O7P. The summed E-state index contributed by atoms with van der Waals surface area (Å²) in [4.78, 5) is 0. The Labute approximate surface area is 316 Å². The van der Waals surface area contributed by atoms with Gasteiger partial charge in [0.25, 0.3) is 8.53 Å². The molecule has 1 heterocycles. The second kappa shape index (κ2) is 22.0. The van der Waals surface area contributed by atoms with Gasteiger partial charge in [0.2, 0.25) is 0 Å². The maximum absolute atomic E-state index is 9.36. The normalized spacial score (nSPS) is 20.8. The fraction of sp³-hybridized carbons (Fsp3) is 0.419. The van der Waals surface area contributed by atoms with Gasteiger partial charge in [-0.15, -0.1) is 0 Å². The van der Waals surface area contributed by atoms with E-state index in [9.17, 15) is 5.26 Å². The van der Waals surface area contributed by atoms with Crippen LogP contribution in [0.2, 0.25) is 0 Å². The fourth-order valence-electron chi connectivity index (χ4n) is 6.22. The Balaban J connectivity index is 1.52. The van der Waals surface area contributed by atoms with Crippen molar-refractivity contribution in [2.24, 2.45) is 0 Å². The molecule has 1 saturated heterocycles. The Hall–Kier alpha value is -3.52. The van der Waals surface area contributed by atoms with Crippen LogP contribution in [-0.2, 0) is 59.2 Å². The van der Waals surface area contributed by atoms with Crippen LogP contribution in [0.25, 0.3) is 0 Å². The largest absolute Gasteiger partial charge is 0.374 e. The van der Waals surface area contributed by atoms with E-state index >= 15 is 0 Å². The van der Waals surface area contributed by atoms with E-state index in [1.54, 1.807) is 0 Å². The summed E-state index contributed by atoms with van der Waals surface area (Å²) < 4.78 is 49.2. The van der Waals surface area contributed by atoms with Crippen molar-refractivity contribution in [1.82, 2.24) is 4.67 Å². The summed E-state index contributed by atoms with van der Waals surface area (Å²) in [5.74, 6) is 0. The minimum atomic E-state index is -1.69. The number of rotatable bonds is 21. The lowest BCUT2D eigenvalue weighted by Gasteiger charge is -2.47. The van der Waals surface area contributed by atoms with Crippen LogP contribution in [0.15, 0.2) is 121 Å². The molecule has 53 heavy (non-hydrogen) atoms. The summed E-state index contributed by atoms with van der Waals surface area (Å²) in [6, 6.07) is 42.6. The highest BCUT2D eigenvalue weighted by molar-refractivity contribution is 7.44. The predicted molar refractivity (Wildman–Crippen MR) is 206 cm³/mol. The van der Waals surface area contributed by atoms with Crippen molar-refractivity contribution >= 4 is 8.53 Å². The molecule has 1 unspecified atom stereocenters. The third-order valence-corrected chi connectivity index (χ3v) is 10.8. The third-order valence-electron chi connectivity index (χ3n) is 8.70. The lowest BCUT2D eigenvalue weighted by Crippen LogP contribution is -2.61. The lowest BCUT2D eigenvalue weighted by molar-refractivity contribution is -0.311. The monoisotopic (exact) mass is 740 g/mol. The quantitative estimate of drug-likeness (QED) is 0.0613. The van der Waals surface area contributed by atoms with Crippen molar-refractivity contribution in [3.63, 3.8) is 0 Å². The molecule has 6 atom stereocenters. The van der Waals surface area contributed by atoms with Crippen LogP contribution in [0.4, 0.5) is 0 Å². The highest BCUT2D eigenvalue weighted by Gasteiger charge is 2.50. The van der Waals surface area contributed by atoms with Crippen LogP contribution >= 0.6 is 8.53 Å². The summed E-state index contributed by atoms with van der Waals surface area (Å²) in [7, 11) is -1.69. The molecule has 0 bridgehead atoms. The van der Waals surface area contributed by atoms with Crippen molar-refractivity contribution in [2.75, 3.05) is 13.2 Å². The van der Waals surface area contributed by atoms with Crippen molar-refractivity contribution in [1.29, 1.82) is 5.26 Å². The summed E-state index contributed by atoms with van der Waals surface area (Å²) >= 11 is 0. The first-order valence-corrected chi connectivity index (χ1v) is 19.5. The fourth-order valence-corrected chi connectivity index (χ4v) is 7.87. The molecule has 1 aliphatic heterocycles. The molecule has 10 heteroatoms. The number of nitriles is 1. The predicted octanol–water partition coefficient (Wildman–Crippen LogP) is 8.98. The maximum Gasteiger partial charge on any atom is 0.261 e. The molecule has 0 aromatic heterocycles. The molecule has 0 N–H and O–H groups in total. The number of benzene rings is 4. The van der Waals surface area contributed by atoms with Crippen LogP contribution < -0.4 is 0 Å². The van der Waals surface area contributed by atoms with Gasteiger partial charge >= 0.3 is 0 Å². The van der Waals surface area contributed by atoms with Crippen LogP contribution in [-0.4, -0.2) is 60.7 Å². The Kier molecular flexibility index (Phi) is 16.9. The molecule has 1 aliphatic rings. The molecule has 0 saturated carbocycles. The van der Waals surface area contributed by atoms with E-state index in [1.165, 1.54) is 0 Å². The van der Waals surface area contributed by atoms with Crippen LogP contribution in [0, 0.1) is 11.3 Å². The van der Waals surface area contributed by atoms with Crippen LogP contribution in [0.3, 0.4) is 0 Å². The first kappa shape index (κ1) is 40.7. The molecule has 0 amide bonds. The van der Waals surface area contributed by atoms with E-state index in [0.29, 0.717) is 26.4 Å². The van der Waals surface area contributed by atoms with Crippen molar-refractivity contribution in [2.45, 2.75) is 103 Å². The Morgan fingerprint density at radius 1 is 0.623 bits per heavy atom. The Morgan fingerprint density at radius 3 is 1.51 bits per heavy atom. The molecular weight excluding hydrogens is 687 g/mol. The second-order valence-corrected chi connectivity index (χ2v) is 14.9. The van der Waals surface area contributed by atoms with Crippen molar-refractivity contribution < 1.29 is 32.7 Å². The minimum absolute atomic E-state index is 0.0903. The highest BCUT2D eigenvalue weighted by Crippen LogP contribution is 2.49. The number of nitrogens with zero attached hydrogens (tertiary/aromatic N) is 2. The molecule has 4 aromatic rings. The van der Waals surface area contributed by atoms with Gasteiger partial charge in [0.1, 0.15) is 24.4 Å². The van der Waals surface area contributed by atoms with E-state index < -0.39 is 39.2 Å². The molecule has 0 aliphatic carbocycles. The Bertz CT molecular complexity index is 1600. The van der Waals surface area contributed by atoms with Gasteiger partial charge in [0, 0.05) is 12.1 Å². The van der Waals surface area contributed by atoms with Gasteiger partial charge in [-0.1, -0.05) is 121 Å².